The molecule has 2 heteroatoms. The zero-order valence-electron chi connectivity index (χ0n) is 9.46. The van der Waals surface area contributed by atoms with E-state index in [9.17, 15) is 0 Å². The van der Waals surface area contributed by atoms with E-state index in [1.165, 1.54) is 11.1 Å². The Kier molecular flexibility index (Phi) is 3.29. The Morgan fingerprint density at radius 1 is 1.36 bits per heavy atom. The highest BCUT2D eigenvalue weighted by Crippen LogP contribution is 2.23. The van der Waals surface area contributed by atoms with Gasteiger partial charge in [-0.3, -0.25) is 0 Å². The first-order valence-electron chi connectivity index (χ1n) is 4.98. The Morgan fingerprint density at radius 3 is 2.43 bits per heavy atom. The van der Waals surface area contributed by atoms with Gasteiger partial charge in [0.15, 0.2) is 0 Å². The first-order valence-corrected chi connectivity index (χ1v) is 4.98. The number of likely N-dealkylation sites (N-methyl/N-ethyl adjacent to an activating group) is 1. The molecule has 1 aromatic carbocycles. The van der Waals surface area contributed by atoms with Gasteiger partial charge in [-0.25, -0.2) is 0 Å². The van der Waals surface area contributed by atoms with E-state index in [2.05, 4.69) is 36.5 Å². The van der Waals surface area contributed by atoms with Crippen LogP contribution in [0.4, 0.5) is 0 Å². The van der Waals surface area contributed by atoms with Gasteiger partial charge in [0.2, 0.25) is 0 Å². The molecule has 14 heavy (non-hydrogen) atoms. The van der Waals surface area contributed by atoms with Gasteiger partial charge in [-0.1, -0.05) is 29.8 Å². The summed E-state index contributed by atoms with van der Waals surface area (Å²) in [7, 11) is 1.95. The van der Waals surface area contributed by atoms with Crippen LogP contribution >= 0.6 is 0 Å². The number of nitrogens with two attached hydrogens (primary N) is 1. The van der Waals surface area contributed by atoms with Crippen molar-refractivity contribution in [2.24, 2.45) is 5.73 Å². The molecule has 1 aromatic rings. The lowest BCUT2D eigenvalue weighted by atomic mass is 9.89. The smallest absolute Gasteiger partial charge is 0.0495 e. The fourth-order valence-electron chi connectivity index (χ4n) is 1.82. The minimum atomic E-state index is -0.247. The molecule has 0 aliphatic heterocycles. The molecule has 78 valence electrons. The molecule has 0 heterocycles. The predicted molar refractivity (Wildman–Crippen MR) is 61.2 cm³/mol. The van der Waals surface area contributed by atoms with E-state index < -0.39 is 0 Å². The zero-order chi connectivity index (χ0) is 10.8. The molecule has 0 saturated carbocycles. The molecule has 0 fully saturated rings. The van der Waals surface area contributed by atoms with Gasteiger partial charge in [0.1, 0.15) is 0 Å². The molecule has 0 bridgehead atoms. The van der Waals surface area contributed by atoms with Crippen molar-refractivity contribution in [3.8, 4) is 0 Å². The van der Waals surface area contributed by atoms with Gasteiger partial charge in [-0.15, -0.1) is 0 Å². The summed E-state index contributed by atoms with van der Waals surface area (Å²) in [6.45, 7) is 6.17. The standard InChI is InChI=1S/C12H20N2/c1-9-6-5-7-10(8-9)11(14-4)12(2,3)13/h5-8,11,14H,13H2,1-4H3. The first kappa shape index (κ1) is 11.2. The molecule has 3 N–H and O–H groups in total. The van der Waals surface area contributed by atoms with Crippen LogP contribution in [0, 0.1) is 6.92 Å². The van der Waals surface area contributed by atoms with Crippen LogP contribution in [0.15, 0.2) is 24.3 Å². The second-order valence-corrected chi connectivity index (χ2v) is 4.46. The molecule has 0 aliphatic rings. The number of hydrogen-bond acceptors (Lipinski definition) is 2. The number of aryl methyl sites for hydroxylation is 1. The van der Waals surface area contributed by atoms with Gasteiger partial charge in [0.05, 0.1) is 0 Å². The number of benzene rings is 1. The van der Waals surface area contributed by atoms with Crippen LogP contribution in [0.5, 0.6) is 0 Å². The normalized spacial score (nSPS) is 14.1. The fourth-order valence-corrected chi connectivity index (χ4v) is 1.82. The van der Waals surface area contributed by atoms with Crippen LogP contribution in [0.25, 0.3) is 0 Å². The van der Waals surface area contributed by atoms with Crippen molar-refractivity contribution in [1.29, 1.82) is 0 Å². The highest BCUT2D eigenvalue weighted by atomic mass is 14.9. The summed E-state index contributed by atoms with van der Waals surface area (Å²) in [4.78, 5) is 0. The van der Waals surface area contributed by atoms with Crippen molar-refractivity contribution >= 4 is 0 Å². The SMILES string of the molecule is CNC(c1cccc(C)c1)C(C)(C)N. The van der Waals surface area contributed by atoms with E-state index >= 15 is 0 Å². The third-order valence-electron chi connectivity index (χ3n) is 2.41. The lowest BCUT2D eigenvalue weighted by Gasteiger charge is -2.30. The molecule has 0 aliphatic carbocycles. The zero-order valence-corrected chi connectivity index (χ0v) is 9.46. The van der Waals surface area contributed by atoms with E-state index in [-0.39, 0.29) is 11.6 Å². The van der Waals surface area contributed by atoms with Gasteiger partial charge >= 0.3 is 0 Å². The molecule has 2 nitrogen and oxygen atoms in total. The molecule has 0 aromatic heterocycles. The maximum Gasteiger partial charge on any atom is 0.0495 e. The summed E-state index contributed by atoms with van der Waals surface area (Å²) >= 11 is 0. The molecule has 0 spiro atoms. The lowest BCUT2D eigenvalue weighted by molar-refractivity contribution is 0.370. The summed E-state index contributed by atoms with van der Waals surface area (Å²) in [5, 5.41) is 3.26. The molecule has 0 amide bonds. The Hall–Kier alpha value is -0.860. The Balaban J connectivity index is 3.01. The third-order valence-corrected chi connectivity index (χ3v) is 2.41. The van der Waals surface area contributed by atoms with Crippen LogP contribution in [-0.2, 0) is 0 Å². The second-order valence-electron chi connectivity index (χ2n) is 4.46. The Morgan fingerprint density at radius 2 is 2.00 bits per heavy atom. The topological polar surface area (TPSA) is 38.0 Å². The quantitative estimate of drug-likeness (QED) is 0.768. The number of nitrogens with one attached hydrogen (secondary N) is 1. The monoisotopic (exact) mass is 192 g/mol. The van der Waals surface area contributed by atoms with Gasteiger partial charge in [-0.05, 0) is 33.4 Å². The average molecular weight is 192 g/mol. The van der Waals surface area contributed by atoms with Crippen molar-refractivity contribution in [2.45, 2.75) is 32.4 Å². The van der Waals surface area contributed by atoms with Crippen LogP contribution in [0.1, 0.15) is 31.0 Å². The van der Waals surface area contributed by atoms with Crippen molar-refractivity contribution in [1.82, 2.24) is 5.32 Å². The largest absolute Gasteiger partial charge is 0.324 e. The minimum Gasteiger partial charge on any atom is -0.324 e. The van der Waals surface area contributed by atoms with E-state index in [1.807, 2.05) is 20.9 Å². The highest BCUT2D eigenvalue weighted by molar-refractivity contribution is 5.27. The summed E-state index contributed by atoms with van der Waals surface area (Å²) in [6.07, 6.45) is 0. The highest BCUT2D eigenvalue weighted by Gasteiger charge is 2.24. The lowest BCUT2D eigenvalue weighted by Crippen LogP contribution is -2.45. The molecular formula is C12H20N2. The summed E-state index contributed by atoms with van der Waals surface area (Å²) in [6, 6.07) is 8.65. The van der Waals surface area contributed by atoms with Crippen LogP contribution in [0.3, 0.4) is 0 Å². The minimum absolute atomic E-state index is 0.197. The van der Waals surface area contributed by atoms with Crippen molar-refractivity contribution in [3.63, 3.8) is 0 Å². The van der Waals surface area contributed by atoms with Crippen molar-refractivity contribution in [2.75, 3.05) is 7.05 Å². The predicted octanol–water partition coefficient (Wildman–Crippen LogP) is 1.99. The van der Waals surface area contributed by atoms with Crippen LogP contribution in [0.2, 0.25) is 0 Å². The number of rotatable bonds is 3. The van der Waals surface area contributed by atoms with E-state index in [4.69, 9.17) is 5.73 Å². The maximum atomic E-state index is 6.11. The molecule has 1 rings (SSSR count). The van der Waals surface area contributed by atoms with Gasteiger partial charge < -0.3 is 11.1 Å². The van der Waals surface area contributed by atoms with E-state index in [0.717, 1.165) is 0 Å². The Bertz CT molecular complexity index is 299. The van der Waals surface area contributed by atoms with Crippen molar-refractivity contribution in [3.05, 3.63) is 35.4 Å². The van der Waals surface area contributed by atoms with Gasteiger partial charge in [0.25, 0.3) is 0 Å². The average Bonchev–Trinajstić information content (AvgIpc) is 2.02. The van der Waals surface area contributed by atoms with Gasteiger partial charge in [0, 0.05) is 11.6 Å². The molecule has 1 atom stereocenters. The summed E-state index contributed by atoms with van der Waals surface area (Å²) < 4.78 is 0. The van der Waals surface area contributed by atoms with Crippen molar-refractivity contribution < 1.29 is 0 Å². The second kappa shape index (κ2) is 4.11. The molecule has 1 unspecified atom stereocenters. The fraction of sp³-hybridized carbons (Fsp3) is 0.500. The molecule has 0 radical (unpaired) electrons. The first-order chi connectivity index (χ1) is 6.45. The van der Waals surface area contributed by atoms with Gasteiger partial charge in [-0.2, -0.15) is 0 Å². The number of hydrogen-bond donors (Lipinski definition) is 2. The molecular weight excluding hydrogens is 172 g/mol. The third kappa shape index (κ3) is 2.56. The summed E-state index contributed by atoms with van der Waals surface area (Å²) in [5.74, 6) is 0. The Labute approximate surface area is 86.5 Å². The molecule has 0 saturated heterocycles. The summed E-state index contributed by atoms with van der Waals surface area (Å²) in [5.41, 5.74) is 8.38. The van der Waals surface area contributed by atoms with E-state index in [0.29, 0.717) is 0 Å². The van der Waals surface area contributed by atoms with Crippen LogP contribution in [-0.4, -0.2) is 12.6 Å². The maximum absolute atomic E-state index is 6.11. The van der Waals surface area contributed by atoms with Crippen LogP contribution < -0.4 is 11.1 Å². The van der Waals surface area contributed by atoms with E-state index in [1.54, 1.807) is 0 Å².